The summed E-state index contributed by atoms with van der Waals surface area (Å²) in [5.74, 6) is 1.38. The molecular formula is C20H18N6O2S. The fraction of sp³-hybridized carbons (Fsp3) is 0.200. The summed E-state index contributed by atoms with van der Waals surface area (Å²) >= 11 is 1.52. The van der Waals surface area contributed by atoms with Gasteiger partial charge in [0, 0.05) is 36.6 Å². The zero-order valence-corrected chi connectivity index (χ0v) is 16.3. The number of ether oxygens (including phenoxy) is 1. The summed E-state index contributed by atoms with van der Waals surface area (Å²) in [7, 11) is 0. The number of H-pyrrole nitrogens is 1. The molecule has 0 bridgehead atoms. The number of fused-ring (bicyclic) bond motifs is 1. The van der Waals surface area contributed by atoms with E-state index in [9.17, 15) is 4.79 Å². The molecule has 0 atom stereocenters. The highest BCUT2D eigenvalue weighted by molar-refractivity contribution is 7.13. The first-order chi connectivity index (χ1) is 14.3. The van der Waals surface area contributed by atoms with E-state index in [1.54, 1.807) is 18.5 Å². The van der Waals surface area contributed by atoms with Gasteiger partial charge in [0.25, 0.3) is 5.91 Å². The smallest absolute Gasteiger partial charge is 0.257 e. The zero-order valence-electron chi connectivity index (χ0n) is 15.5. The van der Waals surface area contributed by atoms with Crippen molar-refractivity contribution in [3.63, 3.8) is 0 Å². The molecule has 3 aromatic heterocycles. The lowest BCUT2D eigenvalue weighted by Gasteiger charge is -2.27. The normalized spacial score (nSPS) is 14.3. The quantitative estimate of drug-likeness (QED) is 0.540. The van der Waals surface area contributed by atoms with Gasteiger partial charge in [-0.1, -0.05) is 0 Å². The lowest BCUT2D eigenvalue weighted by Crippen LogP contribution is -2.36. The first kappa shape index (κ1) is 17.8. The van der Waals surface area contributed by atoms with Crippen LogP contribution >= 0.6 is 11.3 Å². The Kier molecular flexibility index (Phi) is 4.66. The number of aromatic amines is 1. The molecule has 1 aliphatic heterocycles. The van der Waals surface area contributed by atoms with E-state index < -0.39 is 0 Å². The van der Waals surface area contributed by atoms with Crippen LogP contribution in [-0.4, -0.2) is 52.1 Å². The van der Waals surface area contributed by atoms with E-state index in [-0.39, 0.29) is 5.91 Å². The van der Waals surface area contributed by atoms with Gasteiger partial charge in [0.15, 0.2) is 10.8 Å². The number of imidazole rings is 1. The van der Waals surface area contributed by atoms with E-state index in [2.05, 4.69) is 30.2 Å². The van der Waals surface area contributed by atoms with E-state index in [0.717, 1.165) is 40.8 Å². The fourth-order valence-corrected chi connectivity index (χ4v) is 3.81. The van der Waals surface area contributed by atoms with Crippen molar-refractivity contribution >= 4 is 39.8 Å². The van der Waals surface area contributed by atoms with E-state index >= 15 is 0 Å². The molecule has 8 nitrogen and oxygen atoms in total. The van der Waals surface area contributed by atoms with Crippen molar-refractivity contribution in [2.75, 3.05) is 36.5 Å². The number of amides is 1. The minimum absolute atomic E-state index is 0.204. The van der Waals surface area contributed by atoms with Gasteiger partial charge in [0.05, 0.1) is 29.8 Å². The molecule has 0 saturated carbocycles. The van der Waals surface area contributed by atoms with Crippen molar-refractivity contribution in [2.24, 2.45) is 0 Å². The highest BCUT2D eigenvalue weighted by Gasteiger charge is 2.14. The van der Waals surface area contributed by atoms with Gasteiger partial charge in [-0.25, -0.2) is 15.0 Å². The largest absolute Gasteiger partial charge is 0.378 e. The molecule has 1 saturated heterocycles. The first-order valence-electron chi connectivity index (χ1n) is 9.26. The molecule has 5 rings (SSSR count). The Bertz CT molecular complexity index is 1130. The number of nitrogens with zero attached hydrogens (tertiary/aromatic N) is 4. The molecule has 4 heterocycles. The average molecular weight is 406 g/mol. The maximum Gasteiger partial charge on any atom is 0.257 e. The molecule has 0 radical (unpaired) electrons. The lowest BCUT2D eigenvalue weighted by molar-refractivity contribution is 0.102. The van der Waals surface area contributed by atoms with Crippen molar-refractivity contribution in [3.05, 3.63) is 53.7 Å². The number of aromatic nitrogens is 4. The lowest BCUT2D eigenvalue weighted by atomic mass is 10.2. The predicted molar refractivity (Wildman–Crippen MR) is 112 cm³/mol. The second kappa shape index (κ2) is 7.61. The summed E-state index contributed by atoms with van der Waals surface area (Å²) in [6.07, 6.45) is 3.35. The Hall–Kier alpha value is -3.30. The van der Waals surface area contributed by atoms with Crippen LogP contribution < -0.4 is 10.2 Å². The van der Waals surface area contributed by atoms with Crippen LogP contribution in [0.3, 0.4) is 0 Å². The summed E-state index contributed by atoms with van der Waals surface area (Å²) in [5, 5.41) is 5.66. The summed E-state index contributed by atoms with van der Waals surface area (Å²) in [6, 6.07) is 9.24. The summed E-state index contributed by atoms with van der Waals surface area (Å²) in [5.41, 5.74) is 2.86. The van der Waals surface area contributed by atoms with Crippen LogP contribution in [0.5, 0.6) is 0 Å². The molecule has 1 amide bonds. The summed E-state index contributed by atoms with van der Waals surface area (Å²) in [4.78, 5) is 31.3. The number of carbonyl (C=O) groups excluding carboxylic acids is 1. The SMILES string of the molecule is O=C(Nc1ccc2nc(-c3nccs3)[nH]c2c1)c1ccc(N2CCOCC2)nc1. The van der Waals surface area contributed by atoms with E-state index in [4.69, 9.17) is 4.74 Å². The molecule has 1 aliphatic rings. The number of thiazole rings is 1. The minimum atomic E-state index is -0.204. The summed E-state index contributed by atoms with van der Waals surface area (Å²) < 4.78 is 5.36. The fourth-order valence-electron chi connectivity index (χ4n) is 3.23. The van der Waals surface area contributed by atoms with E-state index in [1.165, 1.54) is 11.3 Å². The topological polar surface area (TPSA) is 96.0 Å². The van der Waals surface area contributed by atoms with Gasteiger partial charge >= 0.3 is 0 Å². The number of benzene rings is 1. The third-order valence-electron chi connectivity index (χ3n) is 4.72. The molecule has 0 aliphatic carbocycles. The van der Waals surface area contributed by atoms with E-state index in [1.807, 2.05) is 29.6 Å². The Morgan fingerprint density at radius 2 is 2.07 bits per heavy atom. The van der Waals surface area contributed by atoms with Crippen LogP contribution in [-0.2, 0) is 4.74 Å². The molecule has 1 aromatic carbocycles. The second-order valence-electron chi connectivity index (χ2n) is 6.61. The molecule has 0 unspecified atom stereocenters. The monoisotopic (exact) mass is 406 g/mol. The van der Waals surface area contributed by atoms with Crippen LogP contribution in [0.2, 0.25) is 0 Å². The molecule has 29 heavy (non-hydrogen) atoms. The molecule has 1 fully saturated rings. The number of nitrogens with one attached hydrogen (secondary N) is 2. The van der Waals surface area contributed by atoms with Crippen molar-refractivity contribution in [2.45, 2.75) is 0 Å². The maximum absolute atomic E-state index is 12.6. The van der Waals surface area contributed by atoms with Crippen LogP contribution in [0, 0.1) is 0 Å². The van der Waals surface area contributed by atoms with Crippen molar-refractivity contribution < 1.29 is 9.53 Å². The molecule has 0 spiro atoms. The van der Waals surface area contributed by atoms with Crippen LogP contribution in [0.15, 0.2) is 48.1 Å². The van der Waals surface area contributed by atoms with Crippen LogP contribution in [0.25, 0.3) is 21.9 Å². The van der Waals surface area contributed by atoms with Gasteiger partial charge in [-0.05, 0) is 30.3 Å². The van der Waals surface area contributed by atoms with Gasteiger partial charge < -0.3 is 19.9 Å². The second-order valence-corrected chi connectivity index (χ2v) is 7.51. The Labute approximate surface area is 170 Å². The number of hydrogen-bond acceptors (Lipinski definition) is 7. The highest BCUT2D eigenvalue weighted by Crippen LogP contribution is 2.24. The Balaban J connectivity index is 1.31. The standard InChI is InChI=1S/C20H18N6O2S/c27-19(13-1-4-17(22-12-13)26-6-8-28-9-7-26)23-14-2-3-15-16(11-14)25-18(24-15)20-21-5-10-29-20/h1-5,10-12H,6-9H2,(H,23,27)(H,24,25). The van der Waals surface area contributed by atoms with Crippen molar-refractivity contribution in [3.8, 4) is 10.8 Å². The summed E-state index contributed by atoms with van der Waals surface area (Å²) in [6.45, 7) is 3.02. The van der Waals surface area contributed by atoms with Crippen molar-refractivity contribution in [1.29, 1.82) is 0 Å². The average Bonchev–Trinajstić information content (AvgIpc) is 3.44. The molecule has 146 valence electrons. The van der Waals surface area contributed by atoms with Crippen LogP contribution in [0.1, 0.15) is 10.4 Å². The van der Waals surface area contributed by atoms with Gasteiger partial charge in [-0.15, -0.1) is 11.3 Å². The zero-order chi connectivity index (χ0) is 19.6. The van der Waals surface area contributed by atoms with E-state index in [0.29, 0.717) is 24.5 Å². The Morgan fingerprint density at radius 3 is 2.83 bits per heavy atom. The number of carbonyl (C=O) groups is 1. The Morgan fingerprint density at radius 1 is 1.17 bits per heavy atom. The highest BCUT2D eigenvalue weighted by atomic mass is 32.1. The first-order valence-corrected chi connectivity index (χ1v) is 10.1. The number of pyridine rings is 1. The number of anilines is 2. The number of rotatable bonds is 4. The maximum atomic E-state index is 12.6. The molecular weight excluding hydrogens is 388 g/mol. The molecule has 4 aromatic rings. The third kappa shape index (κ3) is 3.69. The molecule has 9 heteroatoms. The number of hydrogen-bond donors (Lipinski definition) is 2. The van der Waals surface area contributed by atoms with Gasteiger partial charge in [0.2, 0.25) is 0 Å². The number of morpholine rings is 1. The molecule has 2 N–H and O–H groups in total. The van der Waals surface area contributed by atoms with Gasteiger partial charge in [-0.2, -0.15) is 0 Å². The van der Waals surface area contributed by atoms with Gasteiger partial charge in [0.1, 0.15) is 5.82 Å². The minimum Gasteiger partial charge on any atom is -0.378 e. The van der Waals surface area contributed by atoms with Crippen LogP contribution in [0.4, 0.5) is 11.5 Å². The third-order valence-corrected chi connectivity index (χ3v) is 5.50. The van der Waals surface area contributed by atoms with Gasteiger partial charge in [-0.3, -0.25) is 4.79 Å². The van der Waals surface area contributed by atoms with Crippen molar-refractivity contribution in [1.82, 2.24) is 19.9 Å². The predicted octanol–water partition coefficient (Wildman–Crippen LogP) is 3.17.